The van der Waals surface area contributed by atoms with Gasteiger partial charge in [0.05, 0.1) is 29.6 Å². The van der Waals surface area contributed by atoms with E-state index in [4.69, 9.17) is 16.3 Å². The van der Waals surface area contributed by atoms with Gasteiger partial charge >= 0.3 is 12.0 Å². The average molecular weight is 439 g/mol. The number of aryl methyl sites for hydroxylation is 2. The Bertz CT molecular complexity index is 1170. The highest BCUT2D eigenvalue weighted by Gasteiger charge is 2.14. The molecule has 0 saturated carbocycles. The second kappa shape index (κ2) is 9.49. The number of aromatic nitrogens is 1. The summed E-state index contributed by atoms with van der Waals surface area (Å²) in [5, 5.41) is 7.13. The number of nitrogens with one attached hydrogen (secondary N) is 2. The van der Waals surface area contributed by atoms with Crippen LogP contribution in [0.1, 0.15) is 32.9 Å². The summed E-state index contributed by atoms with van der Waals surface area (Å²) in [6, 6.07) is 13.9. The van der Waals surface area contributed by atoms with Gasteiger partial charge in [0.15, 0.2) is 0 Å². The first-order valence-electron chi connectivity index (χ1n) is 9.54. The van der Waals surface area contributed by atoms with Crippen LogP contribution in [0, 0.1) is 20.8 Å². The molecular formula is C23H23ClN4O3. The van der Waals surface area contributed by atoms with Gasteiger partial charge in [0.25, 0.3) is 0 Å². The third-order valence-corrected chi connectivity index (χ3v) is 5.15. The minimum atomic E-state index is -0.493. The lowest BCUT2D eigenvalue weighted by Gasteiger charge is -2.13. The number of hydrogen-bond donors (Lipinski definition) is 2. The zero-order valence-corrected chi connectivity index (χ0v) is 18.4. The molecule has 1 heterocycles. The fourth-order valence-electron chi connectivity index (χ4n) is 3.31. The molecule has 160 valence electrons. The molecule has 2 aromatic carbocycles. The van der Waals surface area contributed by atoms with E-state index in [0.29, 0.717) is 16.3 Å². The first kappa shape index (κ1) is 22.1. The van der Waals surface area contributed by atoms with Crippen molar-refractivity contribution in [3.8, 4) is 5.69 Å². The molecule has 0 radical (unpaired) electrons. The maximum atomic E-state index is 12.1. The molecule has 0 aliphatic heterocycles. The van der Waals surface area contributed by atoms with Crippen molar-refractivity contribution in [2.45, 2.75) is 20.8 Å². The van der Waals surface area contributed by atoms with Crippen LogP contribution in [0.3, 0.4) is 0 Å². The molecule has 0 bridgehead atoms. The number of anilines is 1. The van der Waals surface area contributed by atoms with Crippen LogP contribution in [0.15, 0.2) is 53.6 Å². The predicted octanol–water partition coefficient (Wildman–Crippen LogP) is 5.00. The van der Waals surface area contributed by atoms with Gasteiger partial charge in [-0.15, -0.1) is 0 Å². The lowest BCUT2D eigenvalue weighted by atomic mass is 10.1. The first-order chi connectivity index (χ1) is 14.8. The highest BCUT2D eigenvalue weighted by atomic mass is 35.5. The second-order valence-electron chi connectivity index (χ2n) is 6.96. The summed E-state index contributed by atoms with van der Waals surface area (Å²) in [4.78, 5) is 23.8. The van der Waals surface area contributed by atoms with E-state index in [2.05, 4.69) is 20.4 Å². The second-order valence-corrected chi connectivity index (χ2v) is 7.37. The fraction of sp³-hybridized carbons (Fsp3) is 0.174. The molecule has 1 aromatic heterocycles. The van der Waals surface area contributed by atoms with E-state index < -0.39 is 6.03 Å². The number of nitrogens with zero attached hydrogens (tertiary/aromatic N) is 2. The van der Waals surface area contributed by atoms with E-state index >= 15 is 0 Å². The Morgan fingerprint density at radius 3 is 2.52 bits per heavy atom. The van der Waals surface area contributed by atoms with Gasteiger partial charge in [-0.1, -0.05) is 23.7 Å². The number of hydrogen-bond acceptors (Lipinski definition) is 4. The minimum absolute atomic E-state index is 0.371. The van der Waals surface area contributed by atoms with Crippen LogP contribution < -0.4 is 10.7 Å². The molecule has 0 fully saturated rings. The maximum absolute atomic E-state index is 12.1. The van der Waals surface area contributed by atoms with E-state index in [1.807, 2.05) is 32.9 Å². The summed E-state index contributed by atoms with van der Waals surface area (Å²) >= 11 is 6.04. The number of methoxy groups -OCH3 is 1. The number of carbonyl (C=O) groups is 2. The number of benzene rings is 2. The zero-order valence-electron chi connectivity index (χ0n) is 17.7. The standard InChI is InChI=1S/C23H23ClN4O3/c1-14-11-17(22(29)31-4)9-10-21(14)28-15(2)12-18(16(28)3)13-25-27-23(30)26-20-8-6-5-7-19(20)24/h5-13H,1-4H3,(H2,26,27,30)/b25-13+. The number of urea groups is 1. The Morgan fingerprint density at radius 1 is 1.10 bits per heavy atom. The quantitative estimate of drug-likeness (QED) is 0.334. The van der Waals surface area contributed by atoms with Crippen molar-refractivity contribution in [2.75, 3.05) is 12.4 Å². The predicted molar refractivity (Wildman–Crippen MR) is 123 cm³/mol. The number of rotatable bonds is 5. The number of hydrazone groups is 1. The normalized spacial score (nSPS) is 10.9. The molecule has 2 amide bonds. The summed E-state index contributed by atoms with van der Waals surface area (Å²) < 4.78 is 6.86. The van der Waals surface area contributed by atoms with Crippen molar-refractivity contribution in [3.63, 3.8) is 0 Å². The highest BCUT2D eigenvalue weighted by molar-refractivity contribution is 6.33. The lowest BCUT2D eigenvalue weighted by Crippen LogP contribution is -2.24. The van der Waals surface area contributed by atoms with Crippen LogP contribution in [0.4, 0.5) is 10.5 Å². The van der Waals surface area contributed by atoms with Gasteiger partial charge in [-0.2, -0.15) is 5.10 Å². The van der Waals surface area contributed by atoms with Gasteiger partial charge in [0.2, 0.25) is 0 Å². The van der Waals surface area contributed by atoms with Crippen molar-refractivity contribution in [3.05, 3.63) is 81.6 Å². The van der Waals surface area contributed by atoms with Gasteiger partial charge in [-0.05, 0) is 62.7 Å². The third kappa shape index (κ3) is 4.95. The molecule has 0 spiro atoms. The Labute approximate surface area is 185 Å². The van der Waals surface area contributed by atoms with Crippen molar-refractivity contribution < 1.29 is 14.3 Å². The third-order valence-electron chi connectivity index (χ3n) is 4.82. The van der Waals surface area contributed by atoms with Crippen LogP contribution in [-0.4, -0.2) is 29.9 Å². The smallest absolute Gasteiger partial charge is 0.339 e. The van der Waals surface area contributed by atoms with Gasteiger partial charge < -0.3 is 14.6 Å². The molecule has 31 heavy (non-hydrogen) atoms. The SMILES string of the molecule is COC(=O)c1ccc(-n2c(C)cc(/C=N/NC(=O)Nc3ccccc3Cl)c2C)c(C)c1. The van der Waals surface area contributed by atoms with Gasteiger partial charge in [0, 0.05) is 22.6 Å². The van der Waals surface area contributed by atoms with Gasteiger partial charge in [-0.3, -0.25) is 0 Å². The summed E-state index contributed by atoms with van der Waals surface area (Å²) in [5.74, 6) is -0.371. The molecule has 2 N–H and O–H groups in total. The van der Waals surface area contributed by atoms with Crippen LogP contribution in [0.2, 0.25) is 5.02 Å². The summed E-state index contributed by atoms with van der Waals surface area (Å²) in [6.07, 6.45) is 1.59. The molecule has 0 saturated heterocycles. The fourth-order valence-corrected chi connectivity index (χ4v) is 3.50. The number of para-hydroxylation sites is 1. The van der Waals surface area contributed by atoms with E-state index in [1.54, 1.807) is 42.6 Å². The van der Waals surface area contributed by atoms with Crippen molar-refractivity contribution in [1.82, 2.24) is 9.99 Å². The van der Waals surface area contributed by atoms with Crippen molar-refractivity contribution in [2.24, 2.45) is 5.10 Å². The molecular weight excluding hydrogens is 416 g/mol. The van der Waals surface area contributed by atoms with Crippen molar-refractivity contribution in [1.29, 1.82) is 0 Å². The molecule has 8 heteroatoms. The van der Waals surface area contributed by atoms with Gasteiger partial charge in [-0.25, -0.2) is 15.0 Å². The molecule has 0 aliphatic carbocycles. The summed E-state index contributed by atoms with van der Waals surface area (Å²) in [6.45, 7) is 5.89. The van der Waals surface area contributed by atoms with E-state index in [1.165, 1.54) is 7.11 Å². The van der Waals surface area contributed by atoms with Crippen LogP contribution in [0.5, 0.6) is 0 Å². The summed E-state index contributed by atoms with van der Waals surface area (Å²) in [5.41, 5.74) is 8.12. The van der Waals surface area contributed by atoms with Crippen LogP contribution in [0.25, 0.3) is 5.69 Å². The molecule has 0 unspecified atom stereocenters. The first-order valence-corrected chi connectivity index (χ1v) is 9.92. The zero-order chi connectivity index (χ0) is 22.5. The molecule has 3 rings (SSSR count). The average Bonchev–Trinajstić information content (AvgIpc) is 3.02. The van der Waals surface area contributed by atoms with Crippen LogP contribution in [-0.2, 0) is 4.74 Å². The number of ether oxygens (including phenoxy) is 1. The Balaban J connectivity index is 1.76. The highest BCUT2D eigenvalue weighted by Crippen LogP contribution is 2.24. The number of carbonyl (C=O) groups excluding carboxylic acids is 2. The molecule has 7 nitrogen and oxygen atoms in total. The number of halogens is 1. The summed E-state index contributed by atoms with van der Waals surface area (Å²) in [7, 11) is 1.36. The Kier molecular flexibility index (Phi) is 6.77. The van der Waals surface area contributed by atoms with Gasteiger partial charge in [0.1, 0.15) is 0 Å². The number of esters is 1. The minimum Gasteiger partial charge on any atom is -0.465 e. The largest absolute Gasteiger partial charge is 0.465 e. The molecule has 0 atom stereocenters. The monoisotopic (exact) mass is 438 g/mol. The van der Waals surface area contributed by atoms with E-state index in [-0.39, 0.29) is 5.97 Å². The molecule has 3 aromatic rings. The van der Waals surface area contributed by atoms with Crippen LogP contribution >= 0.6 is 11.6 Å². The van der Waals surface area contributed by atoms with E-state index in [0.717, 1.165) is 28.2 Å². The molecule has 0 aliphatic rings. The Morgan fingerprint density at radius 2 is 1.84 bits per heavy atom. The van der Waals surface area contributed by atoms with Crippen molar-refractivity contribution >= 4 is 35.5 Å². The van der Waals surface area contributed by atoms with E-state index in [9.17, 15) is 9.59 Å². The maximum Gasteiger partial charge on any atom is 0.339 e. The topological polar surface area (TPSA) is 84.7 Å². The number of amides is 2. The lowest BCUT2D eigenvalue weighted by molar-refractivity contribution is 0.0600. The Hall–Kier alpha value is -3.58.